The maximum atomic E-state index is 11.6. The Hall–Kier alpha value is -1.47. The number of rotatable bonds is 5. The van der Waals surface area contributed by atoms with Crippen molar-refractivity contribution in [2.24, 2.45) is 0 Å². The van der Waals surface area contributed by atoms with E-state index in [9.17, 15) is 9.59 Å². The molecule has 1 aromatic rings. The number of nitrogens with one attached hydrogen (secondary N) is 1. The zero-order chi connectivity index (χ0) is 13.7. The van der Waals surface area contributed by atoms with Gasteiger partial charge in [0.2, 0.25) is 0 Å². The number of hydrogen-bond donors (Lipinski definition) is 1. The Bertz CT molecular complexity index is 440. The predicted molar refractivity (Wildman–Crippen MR) is 72.0 cm³/mol. The molecule has 1 atom stereocenters. The van der Waals surface area contributed by atoms with Gasteiger partial charge in [0, 0.05) is 0 Å². The van der Waals surface area contributed by atoms with Crippen LogP contribution in [-0.4, -0.2) is 43.9 Å². The molecule has 0 aromatic carbocycles. The molecule has 0 spiro atoms. The lowest BCUT2D eigenvalue weighted by atomic mass is 10.3. The Labute approximate surface area is 119 Å². The first-order chi connectivity index (χ1) is 9.20. The second-order valence-electron chi connectivity index (χ2n) is 3.77. The van der Waals surface area contributed by atoms with Gasteiger partial charge in [-0.25, -0.2) is 9.59 Å². The van der Waals surface area contributed by atoms with Crippen LogP contribution >= 0.6 is 22.9 Å². The zero-order valence-electron chi connectivity index (χ0n) is 10.0. The minimum Gasteiger partial charge on any atom is -0.448 e. The third-order valence-corrected chi connectivity index (χ3v) is 3.48. The number of carbonyl (C=O) groups excluding carboxylic acids is 2. The number of carbonyl (C=O) groups is 2. The molecule has 0 aliphatic carbocycles. The second kappa shape index (κ2) is 6.63. The number of cyclic esters (lactones) is 1. The average molecular weight is 305 g/mol. The first-order valence-electron chi connectivity index (χ1n) is 5.69. The summed E-state index contributed by atoms with van der Waals surface area (Å²) in [6, 6.07) is 3.71. The Balaban J connectivity index is 1.78. The van der Waals surface area contributed by atoms with E-state index in [0.29, 0.717) is 6.54 Å². The van der Waals surface area contributed by atoms with Crippen LogP contribution in [0.1, 0.15) is 0 Å². The van der Waals surface area contributed by atoms with E-state index < -0.39 is 12.2 Å². The number of nitrogens with zero attached hydrogens (tertiary/aromatic N) is 1. The van der Waals surface area contributed by atoms with E-state index >= 15 is 0 Å². The standard InChI is InChI=1S/C11H13ClN2O4S/c12-3-4-17-10(15)13-6-8-7-14(11(16)18-8)9-2-1-5-19-9/h1-2,5,8H,3-4,6-7H2,(H,13,15). The predicted octanol–water partition coefficient (Wildman–Crippen LogP) is 2.04. The number of alkyl carbamates (subject to hydrolysis) is 1. The summed E-state index contributed by atoms with van der Waals surface area (Å²) in [5, 5.41) is 5.24. The minimum absolute atomic E-state index is 0.152. The number of halogens is 1. The molecule has 1 unspecified atom stereocenters. The molecule has 19 heavy (non-hydrogen) atoms. The third-order valence-electron chi connectivity index (χ3n) is 2.43. The maximum Gasteiger partial charge on any atom is 0.415 e. The van der Waals surface area contributed by atoms with Crippen LogP contribution in [0.2, 0.25) is 0 Å². The number of amides is 2. The Kier molecular flexibility index (Phi) is 4.86. The van der Waals surface area contributed by atoms with Gasteiger partial charge in [-0.1, -0.05) is 0 Å². The van der Waals surface area contributed by atoms with Crippen LogP contribution < -0.4 is 10.2 Å². The summed E-state index contributed by atoms with van der Waals surface area (Å²) in [5.74, 6) is 0.248. The topological polar surface area (TPSA) is 67.9 Å². The smallest absolute Gasteiger partial charge is 0.415 e. The van der Waals surface area contributed by atoms with Gasteiger partial charge in [-0.15, -0.1) is 22.9 Å². The molecule has 6 nitrogen and oxygen atoms in total. The first kappa shape index (κ1) is 14.0. The van der Waals surface area contributed by atoms with Crippen molar-refractivity contribution in [2.45, 2.75) is 6.10 Å². The lowest BCUT2D eigenvalue weighted by molar-refractivity contribution is 0.127. The van der Waals surface area contributed by atoms with Gasteiger partial charge in [0.15, 0.2) is 0 Å². The number of ether oxygens (including phenoxy) is 2. The fourth-order valence-electron chi connectivity index (χ4n) is 1.61. The van der Waals surface area contributed by atoms with Gasteiger partial charge in [-0.3, -0.25) is 4.90 Å². The van der Waals surface area contributed by atoms with Crippen LogP contribution in [0.4, 0.5) is 14.6 Å². The normalized spacial score (nSPS) is 18.3. The minimum atomic E-state index is -0.564. The van der Waals surface area contributed by atoms with Crippen LogP contribution in [0, 0.1) is 0 Å². The van der Waals surface area contributed by atoms with E-state index in [-0.39, 0.29) is 25.1 Å². The van der Waals surface area contributed by atoms with Gasteiger partial charge in [0.05, 0.1) is 19.0 Å². The summed E-state index contributed by atoms with van der Waals surface area (Å²) in [6.07, 6.45) is -1.34. The van der Waals surface area contributed by atoms with E-state index in [2.05, 4.69) is 5.32 Å². The molecule has 0 radical (unpaired) electrons. The van der Waals surface area contributed by atoms with E-state index in [0.717, 1.165) is 5.00 Å². The highest BCUT2D eigenvalue weighted by atomic mass is 35.5. The summed E-state index contributed by atoms with van der Waals surface area (Å²) < 4.78 is 9.89. The van der Waals surface area contributed by atoms with Crippen molar-refractivity contribution in [3.63, 3.8) is 0 Å². The molecule has 1 aliphatic rings. The number of anilines is 1. The van der Waals surface area contributed by atoms with Crippen LogP contribution in [0.15, 0.2) is 17.5 Å². The molecule has 1 fully saturated rings. The molecule has 0 saturated carbocycles. The molecule has 8 heteroatoms. The van der Waals surface area contributed by atoms with Crippen LogP contribution in [0.3, 0.4) is 0 Å². The van der Waals surface area contributed by atoms with Crippen molar-refractivity contribution in [1.82, 2.24) is 5.32 Å². The molecule has 0 bridgehead atoms. The molecule has 1 saturated heterocycles. The molecular formula is C11H13ClN2O4S. The number of alkyl halides is 1. The molecule has 1 N–H and O–H groups in total. The van der Waals surface area contributed by atoms with E-state index in [1.54, 1.807) is 4.90 Å². The molecular weight excluding hydrogens is 292 g/mol. The molecule has 104 valence electrons. The van der Waals surface area contributed by atoms with Gasteiger partial charge in [-0.2, -0.15) is 0 Å². The van der Waals surface area contributed by atoms with E-state index in [1.807, 2.05) is 17.5 Å². The molecule has 2 heterocycles. The quantitative estimate of drug-likeness (QED) is 0.845. The monoisotopic (exact) mass is 304 g/mol. The molecule has 1 aliphatic heterocycles. The fourth-order valence-corrected chi connectivity index (χ4v) is 2.42. The van der Waals surface area contributed by atoms with Gasteiger partial charge in [-0.05, 0) is 17.5 Å². The van der Waals surface area contributed by atoms with Crippen LogP contribution in [0.25, 0.3) is 0 Å². The van der Waals surface area contributed by atoms with Gasteiger partial charge in [0.25, 0.3) is 0 Å². The number of hydrogen-bond acceptors (Lipinski definition) is 5. The summed E-state index contributed by atoms with van der Waals surface area (Å²) >= 11 is 6.85. The summed E-state index contributed by atoms with van der Waals surface area (Å²) in [6.45, 7) is 0.781. The lowest BCUT2D eigenvalue weighted by Gasteiger charge is -2.10. The summed E-state index contributed by atoms with van der Waals surface area (Å²) in [5.41, 5.74) is 0. The average Bonchev–Trinajstić information content (AvgIpc) is 3.02. The highest BCUT2D eigenvalue weighted by molar-refractivity contribution is 7.14. The van der Waals surface area contributed by atoms with Crippen molar-refractivity contribution >= 4 is 40.1 Å². The molecule has 2 amide bonds. The fraction of sp³-hybridized carbons (Fsp3) is 0.455. The van der Waals surface area contributed by atoms with Crippen molar-refractivity contribution in [3.8, 4) is 0 Å². The Morgan fingerprint density at radius 1 is 1.68 bits per heavy atom. The highest BCUT2D eigenvalue weighted by Gasteiger charge is 2.33. The highest BCUT2D eigenvalue weighted by Crippen LogP contribution is 2.25. The molecule has 2 rings (SSSR count). The Morgan fingerprint density at radius 3 is 3.21 bits per heavy atom. The van der Waals surface area contributed by atoms with E-state index in [4.69, 9.17) is 21.1 Å². The van der Waals surface area contributed by atoms with Gasteiger partial charge < -0.3 is 14.8 Å². The second-order valence-corrected chi connectivity index (χ2v) is 5.08. The van der Waals surface area contributed by atoms with Crippen molar-refractivity contribution in [1.29, 1.82) is 0 Å². The zero-order valence-corrected chi connectivity index (χ0v) is 11.6. The van der Waals surface area contributed by atoms with Crippen molar-refractivity contribution in [2.75, 3.05) is 30.5 Å². The van der Waals surface area contributed by atoms with Crippen molar-refractivity contribution < 1.29 is 19.1 Å². The number of thiophene rings is 1. The van der Waals surface area contributed by atoms with Gasteiger partial charge in [0.1, 0.15) is 17.7 Å². The van der Waals surface area contributed by atoms with Crippen LogP contribution in [0.5, 0.6) is 0 Å². The first-order valence-corrected chi connectivity index (χ1v) is 7.10. The SMILES string of the molecule is O=C(NCC1CN(c2cccs2)C(=O)O1)OCCCl. The maximum absolute atomic E-state index is 11.6. The molecule has 1 aromatic heterocycles. The van der Waals surface area contributed by atoms with E-state index in [1.165, 1.54) is 11.3 Å². The van der Waals surface area contributed by atoms with Crippen LogP contribution in [-0.2, 0) is 9.47 Å². The summed E-state index contributed by atoms with van der Waals surface area (Å²) in [4.78, 5) is 24.4. The largest absolute Gasteiger partial charge is 0.448 e. The van der Waals surface area contributed by atoms with Crippen molar-refractivity contribution in [3.05, 3.63) is 17.5 Å². The summed E-state index contributed by atoms with van der Waals surface area (Å²) in [7, 11) is 0. The lowest BCUT2D eigenvalue weighted by Crippen LogP contribution is -2.35. The van der Waals surface area contributed by atoms with Gasteiger partial charge >= 0.3 is 12.2 Å². The third kappa shape index (κ3) is 3.74. The Morgan fingerprint density at radius 2 is 2.53 bits per heavy atom.